The van der Waals surface area contributed by atoms with Gasteiger partial charge in [0.1, 0.15) is 5.75 Å². The predicted octanol–water partition coefficient (Wildman–Crippen LogP) is 2.12. The summed E-state index contributed by atoms with van der Waals surface area (Å²) >= 11 is 0. The Labute approximate surface area is 78.2 Å². The molecule has 0 unspecified atom stereocenters. The van der Waals surface area contributed by atoms with E-state index in [0.29, 0.717) is 13.0 Å². The third kappa shape index (κ3) is 1.42. The summed E-state index contributed by atoms with van der Waals surface area (Å²) < 4.78 is 5.47. The first kappa shape index (κ1) is 8.57. The summed E-state index contributed by atoms with van der Waals surface area (Å²) in [5, 5.41) is 9.70. The molecule has 0 radical (unpaired) electrons. The lowest BCUT2D eigenvalue weighted by molar-refractivity contribution is 0.115. The normalized spacial score (nSPS) is 20.7. The van der Waals surface area contributed by atoms with Crippen molar-refractivity contribution in [3.05, 3.63) is 28.8 Å². The summed E-state index contributed by atoms with van der Waals surface area (Å²) in [6.07, 6.45) is 0.359. The van der Waals surface area contributed by atoms with E-state index in [0.717, 1.165) is 11.3 Å². The van der Waals surface area contributed by atoms with Gasteiger partial charge >= 0.3 is 0 Å². The van der Waals surface area contributed by atoms with Crippen molar-refractivity contribution in [1.29, 1.82) is 0 Å². The highest BCUT2D eigenvalue weighted by atomic mass is 16.5. The van der Waals surface area contributed by atoms with Crippen molar-refractivity contribution in [2.24, 2.45) is 0 Å². The predicted molar refractivity (Wildman–Crippen MR) is 51.0 cm³/mol. The molecule has 0 bridgehead atoms. The molecule has 0 fully saturated rings. The first-order chi connectivity index (χ1) is 6.18. The van der Waals surface area contributed by atoms with Crippen LogP contribution < -0.4 is 4.74 Å². The fourth-order valence-electron chi connectivity index (χ4n) is 1.63. The van der Waals surface area contributed by atoms with Crippen LogP contribution in [0.1, 0.15) is 29.2 Å². The van der Waals surface area contributed by atoms with Crippen LogP contribution >= 0.6 is 0 Å². The van der Waals surface area contributed by atoms with E-state index >= 15 is 0 Å². The minimum Gasteiger partial charge on any atom is -0.493 e. The molecule has 1 atom stereocenters. The van der Waals surface area contributed by atoms with Crippen molar-refractivity contribution in [3.63, 3.8) is 0 Å². The van der Waals surface area contributed by atoms with Gasteiger partial charge in [0.15, 0.2) is 0 Å². The minimum absolute atomic E-state index is 0.344. The Morgan fingerprint density at radius 3 is 2.77 bits per heavy atom. The maximum atomic E-state index is 9.70. The molecule has 1 N–H and O–H groups in total. The van der Waals surface area contributed by atoms with Gasteiger partial charge in [0.05, 0.1) is 12.7 Å². The van der Waals surface area contributed by atoms with Crippen molar-refractivity contribution in [3.8, 4) is 5.75 Å². The topological polar surface area (TPSA) is 29.5 Å². The van der Waals surface area contributed by atoms with Gasteiger partial charge in [0.25, 0.3) is 0 Å². The Balaban J connectivity index is 2.52. The summed E-state index contributed by atoms with van der Waals surface area (Å²) in [6.45, 7) is 4.73. The van der Waals surface area contributed by atoms with Gasteiger partial charge in [-0.3, -0.25) is 0 Å². The standard InChI is InChI=1S/C11H14O2/c1-7-5-9-10(12)3-4-13-11(9)6-8(7)2/h5-6,10,12H,3-4H2,1-2H3/t10-/m1/s1. The second-order valence-electron chi connectivity index (χ2n) is 3.63. The molecule has 13 heavy (non-hydrogen) atoms. The number of aliphatic hydroxyl groups excluding tert-OH is 1. The van der Waals surface area contributed by atoms with Crippen LogP contribution in [0.15, 0.2) is 12.1 Å². The van der Waals surface area contributed by atoms with Crippen LogP contribution in [0, 0.1) is 13.8 Å². The second kappa shape index (κ2) is 3.04. The number of hydrogen-bond donors (Lipinski definition) is 1. The van der Waals surface area contributed by atoms with Gasteiger partial charge in [-0.1, -0.05) is 0 Å². The molecular weight excluding hydrogens is 164 g/mol. The lowest BCUT2D eigenvalue weighted by atomic mass is 9.98. The first-order valence-electron chi connectivity index (χ1n) is 4.60. The lowest BCUT2D eigenvalue weighted by Gasteiger charge is -2.23. The Morgan fingerprint density at radius 2 is 2.00 bits per heavy atom. The smallest absolute Gasteiger partial charge is 0.125 e. The van der Waals surface area contributed by atoms with Crippen LogP contribution in [0.5, 0.6) is 5.75 Å². The summed E-state index contributed by atoms with van der Waals surface area (Å²) in [6, 6.07) is 4.03. The largest absolute Gasteiger partial charge is 0.493 e. The molecule has 70 valence electrons. The van der Waals surface area contributed by atoms with Crippen molar-refractivity contribution in [1.82, 2.24) is 0 Å². The zero-order valence-electron chi connectivity index (χ0n) is 8.00. The van der Waals surface area contributed by atoms with Crippen LogP contribution in [0.3, 0.4) is 0 Å². The molecule has 2 heteroatoms. The number of hydrogen-bond acceptors (Lipinski definition) is 2. The molecule has 2 nitrogen and oxygen atoms in total. The zero-order valence-corrected chi connectivity index (χ0v) is 8.00. The SMILES string of the molecule is Cc1cc2c(cc1C)[C@H](O)CCO2. The van der Waals surface area contributed by atoms with Crippen molar-refractivity contribution in [2.45, 2.75) is 26.4 Å². The molecule has 1 aromatic rings. The highest BCUT2D eigenvalue weighted by molar-refractivity contribution is 5.43. The molecule has 0 aliphatic carbocycles. The van der Waals surface area contributed by atoms with Crippen LogP contribution in [-0.2, 0) is 0 Å². The maximum Gasteiger partial charge on any atom is 0.125 e. The van der Waals surface area contributed by atoms with Gasteiger partial charge in [-0.2, -0.15) is 0 Å². The van der Waals surface area contributed by atoms with Gasteiger partial charge in [0, 0.05) is 12.0 Å². The third-order valence-corrected chi connectivity index (χ3v) is 2.63. The summed E-state index contributed by atoms with van der Waals surface area (Å²) in [5.41, 5.74) is 3.37. The average molecular weight is 178 g/mol. The molecule has 0 saturated carbocycles. The van der Waals surface area contributed by atoms with Crippen molar-refractivity contribution in [2.75, 3.05) is 6.61 Å². The van der Waals surface area contributed by atoms with E-state index in [2.05, 4.69) is 13.8 Å². The first-order valence-corrected chi connectivity index (χ1v) is 4.60. The summed E-state index contributed by atoms with van der Waals surface area (Å²) in [5.74, 6) is 0.849. The van der Waals surface area contributed by atoms with Crippen LogP contribution in [0.4, 0.5) is 0 Å². The van der Waals surface area contributed by atoms with Gasteiger partial charge in [0.2, 0.25) is 0 Å². The van der Waals surface area contributed by atoms with Gasteiger partial charge in [-0.05, 0) is 37.1 Å². The van der Waals surface area contributed by atoms with E-state index in [4.69, 9.17) is 4.74 Å². The Bertz CT molecular complexity index is 331. The van der Waals surface area contributed by atoms with Crippen molar-refractivity contribution < 1.29 is 9.84 Å². The number of aliphatic hydroxyl groups is 1. The van der Waals surface area contributed by atoms with Crippen LogP contribution in [0.25, 0.3) is 0 Å². The third-order valence-electron chi connectivity index (χ3n) is 2.63. The molecule has 0 spiro atoms. The fraction of sp³-hybridized carbons (Fsp3) is 0.455. The van der Waals surface area contributed by atoms with Crippen LogP contribution in [0.2, 0.25) is 0 Å². The van der Waals surface area contributed by atoms with Gasteiger partial charge < -0.3 is 9.84 Å². The van der Waals surface area contributed by atoms with E-state index in [1.807, 2.05) is 12.1 Å². The average Bonchev–Trinajstić information content (AvgIpc) is 2.09. The van der Waals surface area contributed by atoms with Crippen molar-refractivity contribution >= 4 is 0 Å². The Morgan fingerprint density at radius 1 is 1.31 bits per heavy atom. The van der Waals surface area contributed by atoms with E-state index < -0.39 is 0 Å². The molecule has 1 heterocycles. The number of fused-ring (bicyclic) bond motifs is 1. The number of rotatable bonds is 0. The molecule has 1 aliphatic rings. The highest BCUT2D eigenvalue weighted by Crippen LogP contribution is 2.33. The van der Waals surface area contributed by atoms with Gasteiger partial charge in [-0.15, -0.1) is 0 Å². The van der Waals surface area contributed by atoms with Crippen LogP contribution in [-0.4, -0.2) is 11.7 Å². The Kier molecular flexibility index (Phi) is 2.00. The molecule has 0 aromatic heterocycles. The lowest BCUT2D eigenvalue weighted by Crippen LogP contribution is -2.14. The quantitative estimate of drug-likeness (QED) is 0.659. The monoisotopic (exact) mass is 178 g/mol. The van der Waals surface area contributed by atoms with E-state index in [1.54, 1.807) is 0 Å². The molecule has 1 aliphatic heterocycles. The molecular formula is C11H14O2. The summed E-state index contributed by atoms with van der Waals surface area (Å²) in [7, 11) is 0. The zero-order chi connectivity index (χ0) is 9.42. The fourth-order valence-corrected chi connectivity index (χ4v) is 1.63. The highest BCUT2D eigenvalue weighted by Gasteiger charge is 2.19. The van der Waals surface area contributed by atoms with Gasteiger partial charge in [-0.25, -0.2) is 0 Å². The summed E-state index contributed by atoms with van der Waals surface area (Å²) in [4.78, 5) is 0. The number of benzene rings is 1. The maximum absolute atomic E-state index is 9.70. The Hall–Kier alpha value is -1.02. The van der Waals surface area contributed by atoms with E-state index in [1.165, 1.54) is 11.1 Å². The molecule has 1 aromatic carbocycles. The second-order valence-corrected chi connectivity index (χ2v) is 3.63. The van der Waals surface area contributed by atoms with E-state index in [-0.39, 0.29) is 6.10 Å². The minimum atomic E-state index is -0.344. The molecule has 0 saturated heterocycles. The van der Waals surface area contributed by atoms with E-state index in [9.17, 15) is 5.11 Å². The number of ether oxygens (including phenoxy) is 1. The number of aryl methyl sites for hydroxylation is 2. The molecule has 0 amide bonds. The molecule has 2 rings (SSSR count).